The molecule has 0 aliphatic carbocycles. The van der Waals surface area contributed by atoms with E-state index in [9.17, 15) is 9.90 Å². The molecule has 3 atom stereocenters. The van der Waals surface area contributed by atoms with Crippen LogP contribution in [-0.2, 0) is 27.4 Å². The van der Waals surface area contributed by atoms with Crippen molar-refractivity contribution in [2.24, 2.45) is 0 Å². The van der Waals surface area contributed by atoms with Gasteiger partial charge in [0.2, 0.25) is 11.9 Å². The van der Waals surface area contributed by atoms with Crippen molar-refractivity contribution in [3.05, 3.63) is 89.2 Å². The highest BCUT2D eigenvalue weighted by Gasteiger charge is 2.34. The van der Waals surface area contributed by atoms with Crippen LogP contribution in [0.1, 0.15) is 48.0 Å². The number of anilines is 1. The second kappa shape index (κ2) is 12.4. The van der Waals surface area contributed by atoms with E-state index in [2.05, 4.69) is 25.1 Å². The SMILES string of the molecule is CC(=O)NCc1ccc(C2OC(CN3CCN(c4ncccn4)CC3)CC(c3ccc(CO)cc3)O2)cc1. The molecule has 3 unspecified atom stereocenters. The maximum Gasteiger partial charge on any atom is 0.225 e. The van der Waals surface area contributed by atoms with Crippen LogP contribution in [0.3, 0.4) is 0 Å². The molecule has 2 saturated heterocycles. The Balaban J connectivity index is 1.27. The first-order valence-electron chi connectivity index (χ1n) is 13.2. The first kappa shape index (κ1) is 26.2. The fraction of sp³-hybridized carbons (Fsp3) is 0.414. The molecular weight excluding hydrogens is 482 g/mol. The molecule has 3 aromatic rings. The summed E-state index contributed by atoms with van der Waals surface area (Å²) in [5.74, 6) is 0.728. The van der Waals surface area contributed by atoms with Crippen LogP contribution in [0.5, 0.6) is 0 Å². The highest BCUT2D eigenvalue weighted by atomic mass is 16.7. The van der Waals surface area contributed by atoms with E-state index in [1.807, 2.05) is 54.6 Å². The number of carbonyl (C=O) groups excluding carboxylic acids is 1. The Morgan fingerprint density at radius 3 is 2.26 bits per heavy atom. The molecular formula is C29H35N5O4. The van der Waals surface area contributed by atoms with Crippen LogP contribution in [0.15, 0.2) is 67.0 Å². The second-order valence-corrected chi connectivity index (χ2v) is 9.84. The average molecular weight is 518 g/mol. The number of aliphatic hydroxyl groups is 1. The number of piperazine rings is 1. The summed E-state index contributed by atoms with van der Waals surface area (Å²) in [6, 6.07) is 17.8. The first-order valence-corrected chi connectivity index (χ1v) is 13.2. The average Bonchev–Trinajstić information content (AvgIpc) is 2.97. The van der Waals surface area contributed by atoms with Gasteiger partial charge in [0, 0.05) is 70.6 Å². The van der Waals surface area contributed by atoms with Crippen molar-refractivity contribution in [2.45, 2.75) is 45.0 Å². The lowest BCUT2D eigenvalue weighted by Gasteiger charge is -2.40. The van der Waals surface area contributed by atoms with Crippen molar-refractivity contribution < 1.29 is 19.4 Å². The van der Waals surface area contributed by atoms with E-state index in [-0.39, 0.29) is 24.7 Å². The maximum atomic E-state index is 11.3. The molecule has 2 fully saturated rings. The van der Waals surface area contributed by atoms with Gasteiger partial charge in [0.05, 0.1) is 18.8 Å². The topological polar surface area (TPSA) is 100 Å². The summed E-state index contributed by atoms with van der Waals surface area (Å²) in [6.45, 7) is 6.41. The Labute approximate surface area is 223 Å². The van der Waals surface area contributed by atoms with Crippen LogP contribution in [0, 0.1) is 0 Å². The Morgan fingerprint density at radius 2 is 1.61 bits per heavy atom. The molecule has 0 radical (unpaired) electrons. The maximum absolute atomic E-state index is 11.3. The Morgan fingerprint density at radius 1 is 0.947 bits per heavy atom. The largest absolute Gasteiger partial charge is 0.392 e. The molecule has 9 nitrogen and oxygen atoms in total. The molecule has 2 aromatic carbocycles. The van der Waals surface area contributed by atoms with Gasteiger partial charge in [-0.15, -0.1) is 0 Å². The van der Waals surface area contributed by atoms with Gasteiger partial charge in [-0.2, -0.15) is 0 Å². The van der Waals surface area contributed by atoms with E-state index < -0.39 is 6.29 Å². The molecule has 1 amide bonds. The third-order valence-corrected chi connectivity index (χ3v) is 7.08. The number of hydrogen-bond donors (Lipinski definition) is 2. The zero-order chi connectivity index (χ0) is 26.3. The summed E-state index contributed by atoms with van der Waals surface area (Å²) in [7, 11) is 0. The summed E-state index contributed by atoms with van der Waals surface area (Å²) in [5.41, 5.74) is 3.93. The molecule has 38 heavy (non-hydrogen) atoms. The standard InChI is InChI=1S/C29H35N5O4/c1-21(36)32-18-22-3-9-25(10-4-22)28-37-26(17-27(38-28)24-7-5-23(20-35)6-8-24)19-33-13-15-34(16-14-33)29-30-11-2-12-31-29/h2-12,26-28,35H,13-20H2,1H3,(H,32,36). The molecule has 5 rings (SSSR count). The number of benzene rings is 2. The number of nitrogens with one attached hydrogen (secondary N) is 1. The highest BCUT2D eigenvalue weighted by molar-refractivity contribution is 5.72. The van der Waals surface area contributed by atoms with Crippen LogP contribution in [0.2, 0.25) is 0 Å². The van der Waals surface area contributed by atoms with Crippen molar-refractivity contribution >= 4 is 11.9 Å². The fourth-order valence-electron chi connectivity index (χ4n) is 4.93. The third kappa shape index (κ3) is 6.73. The fourth-order valence-corrected chi connectivity index (χ4v) is 4.93. The lowest BCUT2D eigenvalue weighted by molar-refractivity contribution is -0.253. The number of rotatable bonds is 8. The van der Waals surface area contributed by atoms with Gasteiger partial charge in [-0.3, -0.25) is 9.69 Å². The van der Waals surface area contributed by atoms with Gasteiger partial charge in [0.1, 0.15) is 0 Å². The van der Waals surface area contributed by atoms with Crippen molar-refractivity contribution in [2.75, 3.05) is 37.6 Å². The molecule has 2 aliphatic heterocycles. The summed E-state index contributed by atoms with van der Waals surface area (Å²) in [6.07, 6.45) is 3.69. The van der Waals surface area contributed by atoms with Crippen LogP contribution >= 0.6 is 0 Å². The molecule has 0 spiro atoms. The molecule has 1 aromatic heterocycles. The zero-order valence-corrected chi connectivity index (χ0v) is 21.7. The Bertz CT molecular complexity index is 1170. The van der Waals surface area contributed by atoms with Gasteiger partial charge in [-0.05, 0) is 22.8 Å². The number of aliphatic hydroxyl groups excluding tert-OH is 1. The molecule has 9 heteroatoms. The van der Waals surface area contributed by atoms with E-state index in [0.29, 0.717) is 6.54 Å². The van der Waals surface area contributed by atoms with Crippen LogP contribution in [-0.4, -0.2) is 64.7 Å². The van der Waals surface area contributed by atoms with Gasteiger partial charge < -0.3 is 24.8 Å². The highest BCUT2D eigenvalue weighted by Crippen LogP contribution is 2.38. The summed E-state index contributed by atoms with van der Waals surface area (Å²) in [4.78, 5) is 24.7. The summed E-state index contributed by atoms with van der Waals surface area (Å²) >= 11 is 0. The van der Waals surface area contributed by atoms with Gasteiger partial charge >= 0.3 is 0 Å². The van der Waals surface area contributed by atoms with Gasteiger partial charge in [-0.1, -0.05) is 48.5 Å². The van der Waals surface area contributed by atoms with Gasteiger partial charge in [-0.25, -0.2) is 9.97 Å². The van der Waals surface area contributed by atoms with Crippen LogP contribution in [0.25, 0.3) is 0 Å². The number of amides is 1. The Hall–Kier alpha value is -3.37. The van der Waals surface area contributed by atoms with Crippen LogP contribution < -0.4 is 10.2 Å². The number of aromatic nitrogens is 2. The minimum absolute atomic E-state index is 0.00477. The zero-order valence-electron chi connectivity index (χ0n) is 21.7. The smallest absolute Gasteiger partial charge is 0.225 e. The van der Waals surface area contributed by atoms with Gasteiger partial charge in [0.15, 0.2) is 6.29 Å². The lowest BCUT2D eigenvalue weighted by atomic mass is 9.99. The minimum Gasteiger partial charge on any atom is -0.392 e. The number of hydrogen-bond acceptors (Lipinski definition) is 8. The predicted octanol–water partition coefficient (Wildman–Crippen LogP) is 2.97. The first-order chi connectivity index (χ1) is 18.6. The van der Waals surface area contributed by atoms with Crippen molar-refractivity contribution in [1.82, 2.24) is 20.2 Å². The molecule has 200 valence electrons. The molecule has 3 heterocycles. The second-order valence-electron chi connectivity index (χ2n) is 9.84. The molecule has 0 bridgehead atoms. The molecule has 0 saturated carbocycles. The van der Waals surface area contributed by atoms with Crippen molar-refractivity contribution in [3.8, 4) is 0 Å². The normalized spacial score (nSPS) is 22.3. The van der Waals surface area contributed by atoms with E-state index >= 15 is 0 Å². The minimum atomic E-state index is -0.495. The number of nitrogens with zero attached hydrogens (tertiary/aromatic N) is 4. The van der Waals surface area contributed by atoms with E-state index in [1.54, 1.807) is 12.4 Å². The van der Waals surface area contributed by atoms with Crippen molar-refractivity contribution in [3.63, 3.8) is 0 Å². The summed E-state index contributed by atoms with van der Waals surface area (Å²) in [5, 5.41) is 12.3. The number of carbonyl (C=O) groups is 1. The molecule has 2 N–H and O–H groups in total. The quantitative estimate of drug-likeness (QED) is 0.471. The van der Waals surface area contributed by atoms with Crippen LogP contribution in [0.4, 0.5) is 5.95 Å². The summed E-state index contributed by atoms with van der Waals surface area (Å²) < 4.78 is 13.0. The molecule has 2 aliphatic rings. The third-order valence-electron chi connectivity index (χ3n) is 7.08. The van der Waals surface area contributed by atoms with E-state index in [1.165, 1.54) is 6.92 Å². The monoisotopic (exact) mass is 517 g/mol. The Kier molecular flexibility index (Phi) is 8.60. The van der Waals surface area contributed by atoms with Gasteiger partial charge in [0.25, 0.3) is 0 Å². The predicted molar refractivity (Wildman–Crippen MR) is 143 cm³/mol. The van der Waals surface area contributed by atoms with Crippen molar-refractivity contribution in [1.29, 1.82) is 0 Å². The van der Waals surface area contributed by atoms with E-state index in [0.717, 1.165) is 67.3 Å². The number of ether oxygens (including phenoxy) is 2. The lowest BCUT2D eigenvalue weighted by Crippen LogP contribution is -2.50. The van der Waals surface area contributed by atoms with E-state index in [4.69, 9.17) is 9.47 Å².